The number of pyridine rings is 1. The van der Waals surface area contributed by atoms with E-state index in [1.54, 1.807) is 24.3 Å². The first-order valence-electron chi connectivity index (χ1n) is 7.36. The van der Waals surface area contributed by atoms with E-state index in [0.29, 0.717) is 28.1 Å². The average molecular weight is 314 g/mol. The molecule has 116 valence electrons. The van der Waals surface area contributed by atoms with Crippen LogP contribution in [-0.2, 0) is 0 Å². The number of carbonyl (C=O) groups is 1. The van der Waals surface area contributed by atoms with Crippen LogP contribution in [0.4, 0.5) is 0 Å². The predicted octanol–water partition coefficient (Wildman–Crippen LogP) is 4.12. The second kappa shape index (κ2) is 6.76. The van der Waals surface area contributed by atoms with E-state index in [4.69, 9.17) is 4.74 Å². The molecule has 0 aliphatic heterocycles. The van der Waals surface area contributed by atoms with E-state index in [9.17, 15) is 10.1 Å². The van der Waals surface area contributed by atoms with Crippen LogP contribution in [0.1, 0.15) is 21.6 Å². The van der Waals surface area contributed by atoms with Gasteiger partial charge in [0.05, 0.1) is 30.0 Å². The number of ether oxygens (including phenoxy) is 1. The Morgan fingerprint density at radius 1 is 1.17 bits per heavy atom. The Morgan fingerprint density at radius 3 is 2.75 bits per heavy atom. The van der Waals surface area contributed by atoms with Crippen LogP contribution in [0.5, 0.6) is 5.75 Å². The van der Waals surface area contributed by atoms with Gasteiger partial charge in [0.15, 0.2) is 0 Å². The second-order valence-electron chi connectivity index (χ2n) is 5.21. The van der Waals surface area contributed by atoms with Gasteiger partial charge in [-0.2, -0.15) is 5.26 Å². The van der Waals surface area contributed by atoms with E-state index in [1.165, 1.54) is 7.11 Å². The van der Waals surface area contributed by atoms with Gasteiger partial charge in [-0.15, -0.1) is 0 Å². The monoisotopic (exact) mass is 314 g/mol. The van der Waals surface area contributed by atoms with Crippen LogP contribution in [0, 0.1) is 11.3 Å². The fraction of sp³-hybridized carbons (Fsp3) is 0.0500. The summed E-state index contributed by atoms with van der Waals surface area (Å²) in [6.07, 6.45) is 2.44. The van der Waals surface area contributed by atoms with Crippen LogP contribution < -0.4 is 4.74 Å². The SMILES string of the molecule is COc1cc(C=O)cc(/C(C#N)=C/c2ccc3ccccc3n2)c1. The number of methoxy groups -OCH3 is 1. The molecule has 3 aromatic rings. The molecule has 0 saturated heterocycles. The standard InChI is InChI=1S/C20H14N2O2/c1-24-19-9-14(13-23)8-16(11-19)17(12-21)10-18-7-6-15-4-2-3-5-20(15)22-18/h2-11,13H,1H3/b17-10+. The maximum Gasteiger partial charge on any atom is 0.150 e. The zero-order valence-corrected chi connectivity index (χ0v) is 13.1. The Bertz CT molecular complexity index is 984. The molecule has 3 rings (SSSR count). The van der Waals surface area contributed by atoms with Crippen molar-refractivity contribution in [3.05, 3.63) is 71.4 Å². The van der Waals surface area contributed by atoms with Crippen molar-refractivity contribution in [1.29, 1.82) is 5.26 Å². The Kier molecular flexibility index (Phi) is 4.35. The highest BCUT2D eigenvalue weighted by molar-refractivity contribution is 5.92. The first-order valence-corrected chi connectivity index (χ1v) is 7.36. The molecule has 4 nitrogen and oxygen atoms in total. The number of hydrogen-bond acceptors (Lipinski definition) is 4. The minimum atomic E-state index is 0.416. The molecule has 0 atom stereocenters. The number of benzene rings is 2. The molecule has 2 aromatic carbocycles. The third kappa shape index (κ3) is 3.16. The quantitative estimate of drug-likeness (QED) is 0.537. The lowest BCUT2D eigenvalue weighted by Crippen LogP contribution is -1.91. The lowest BCUT2D eigenvalue weighted by Gasteiger charge is -2.06. The number of nitrogens with zero attached hydrogens (tertiary/aromatic N) is 2. The van der Waals surface area contributed by atoms with Crippen LogP contribution in [0.3, 0.4) is 0 Å². The fourth-order valence-corrected chi connectivity index (χ4v) is 2.45. The van der Waals surface area contributed by atoms with Crippen molar-refractivity contribution in [2.45, 2.75) is 0 Å². The molecule has 1 heterocycles. The Balaban J connectivity index is 2.08. The van der Waals surface area contributed by atoms with Crippen molar-refractivity contribution in [3.8, 4) is 11.8 Å². The zero-order valence-electron chi connectivity index (χ0n) is 13.1. The molecule has 0 fully saturated rings. The molecular weight excluding hydrogens is 300 g/mol. The summed E-state index contributed by atoms with van der Waals surface area (Å²) >= 11 is 0. The van der Waals surface area contributed by atoms with Gasteiger partial charge in [-0.05, 0) is 42.0 Å². The third-order valence-electron chi connectivity index (χ3n) is 3.64. The topological polar surface area (TPSA) is 63.0 Å². The lowest BCUT2D eigenvalue weighted by atomic mass is 10.0. The first kappa shape index (κ1) is 15.4. The van der Waals surface area contributed by atoms with Crippen molar-refractivity contribution < 1.29 is 9.53 Å². The molecule has 0 aliphatic carbocycles. The van der Waals surface area contributed by atoms with Crippen molar-refractivity contribution in [3.63, 3.8) is 0 Å². The molecule has 0 spiro atoms. The molecule has 0 aliphatic rings. The van der Waals surface area contributed by atoms with E-state index in [0.717, 1.165) is 17.2 Å². The van der Waals surface area contributed by atoms with E-state index >= 15 is 0 Å². The van der Waals surface area contributed by atoms with Gasteiger partial charge in [0.2, 0.25) is 0 Å². The number of hydrogen-bond donors (Lipinski definition) is 0. The molecule has 0 N–H and O–H groups in total. The van der Waals surface area contributed by atoms with E-state index < -0.39 is 0 Å². The Hall–Kier alpha value is -3.45. The van der Waals surface area contributed by atoms with Crippen LogP contribution in [0.2, 0.25) is 0 Å². The minimum absolute atomic E-state index is 0.416. The summed E-state index contributed by atoms with van der Waals surface area (Å²) in [5.41, 5.74) is 3.04. The van der Waals surface area contributed by atoms with Crippen molar-refractivity contribution in [1.82, 2.24) is 4.98 Å². The summed E-state index contributed by atoms with van der Waals surface area (Å²) in [7, 11) is 1.52. The number of rotatable bonds is 4. The van der Waals surface area contributed by atoms with Crippen LogP contribution in [0.25, 0.3) is 22.6 Å². The number of aldehydes is 1. The van der Waals surface area contributed by atoms with Crippen LogP contribution in [-0.4, -0.2) is 18.4 Å². The molecular formula is C20H14N2O2. The number of fused-ring (bicyclic) bond motifs is 1. The molecule has 24 heavy (non-hydrogen) atoms. The van der Waals surface area contributed by atoms with Gasteiger partial charge in [-0.25, -0.2) is 4.98 Å². The number of nitriles is 1. The third-order valence-corrected chi connectivity index (χ3v) is 3.64. The minimum Gasteiger partial charge on any atom is -0.497 e. The highest BCUT2D eigenvalue weighted by Gasteiger charge is 2.07. The van der Waals surface area contributed by atoms with Gasteiger partial charge in [-0.1, -0.05) is 24.3 Å². The number of aromatic nitrogens is 1. The van der Waals surface area contributed by atoms with E-state index in [1.807, 2.05) is 36.4 Å². The first-order chi connectivity index (χ1) is 11.7. The Labute approximate surface area is 139 Å². The maximum atomic E-state index is 11.1. The highest BCUT2D eigenvalue weighted by Crippen LogP contribution is 2.24. The van der Waals surface area contributed by atoms with E-state index in [2.05, 4.69) is 11.1 Å². The molecule has 0 saturated carbocycles. The van der Waals surface area contributed by atoms with E-state index in [-0.39, 0.29) is 0 Å². The normalized spacial score (nSPS) is 11.1. The highest BCUT2D eigenvalue weighted by atomic mass is 16.5. The van der Waals surface area contributed by atoms with Crippen LogP contribution >= 0.6 is 0 Å². The summed E-state index contributed by atoms with van der Waals surface area (Å²) in [5.74, 6) is 0.530. The van der Waals surface area contributed by atoms with Gasteiger partial charge < -0.3 is 4.74 Å². The van der Waals surface area contributed by atoms with Gasteiger partial charge in [-0.3, -0.25) is 4.79 Å². The number of allylic oxidation sites excluding steroid dienone is 1. The summed E-state index contributed by atoms with van der Waals surface area (Å²) in [6.45, 7) is 0. The van der Waals surface area contributed by atoms with Gasteiger partial charge in [0.25, 0.3) is 0 Å². The summed E-state index contributed by atoms with van der Waals surface area (Å²) < 4.78 is 5.19. The second-order valence-corrected chi connectivity index (χ2v) is 5.21. The van der Waals surface area contributed by atoms with Crippen molar-refractivity contribution in [2.24, 2.45) is 0 Å². The average Bonchev–Trinajstić information content (AvgIpc) is 2.65. The van der Waals surface area contributed by atoms with Gasteiger partial charge in [0, 0.05) is 10.9 Å². The largest absolute Gasteiger partial charge is 0.497 e. The zero-order chi connectivity index (χ0) is 16.9. The summed E-state index contributed by atoms with van der Waals surface area (Å²) in [4.78, 5) is 15.6. The Morgan fingerprint density at radius 2 is 2.00 bits per heavy atom. The molecule has 0 unspecified atom stereocenters. The van der Waals surface area contributed by atoms with Gasteiger partial charge in [0.1, 0.15) is 12.0 Å². The van der Waals surface area contributed by atoms with Crippen LogP contribution in [0.15, 0.2) is 54.6 Å². The van der Waals surface area contributed by atoms with Crippen molar-refractivity contribution >= 4 is 28.8 Å². The molecule has 1 aromatic heterocycles. The maximum absolute atomic E-state index is 11.1. The molecule has 0 amide bonds. The fourth-order valence-electron chi connectivity index (χ4n) is 2.45. The predicted molar refractivity (Wildman–Crippen MR) is 93.6 cm³/mol. The number of carbonyl (C=O) groups excluding carboxylic acids is 1. The summed E-state index contributed by atoms with van der Waals surface area (Å²) in [5, 5.41) is 10.5. The summed E-state index contributed by atoms with van der Waals surface area (Å²) in [6, 6.07) is 18.8. The van der Waals surface area contributed by atoms with Gasteiger partial charge >= 0.3 is 0 Å². The molecule has 4 heteroatoms. The lowest BCUT2D eigenvalue weighted by molar-refractivity contribution is 0.112. The molecule has 0 radical (unpaired) electrons. The van der Waals surface area contributed by atoms with Crippen molar-refractivity contribution in [2.75, 3.05) is 7.11 Å². The number of para-hydroxylation sites is 1. The molecule has 0 bridgehead atoms. The smallest absolute Gasteiger partial charge is 0.150 e.